The smallest absolute Gasteiger partial charge is 0.192 e. The van der Waals surface area contributed by atoms with Gasteiger partial charge in [-0.2, -0.15) is 0 Å². The zero-order valence-electron chi connectivity index (χ0n) is 26.9. The Balaban J connectivity index is 1.48. The van der Waals surface area contributed by atoms with E-state index < -0.39 is 73.3 Å². The van der Waals surface area contributed by atoms with Crippen molar-refractivity contribution in [1.29, 1.82) is 0 Å². The summed E-state index contributed by atoms with van der Waals surface area (Å²) < 4.78 is 33.8. The minimum absolute atomic E-state index is 0.0606. The summed E-state index contributed by atoms with van der Waals surface area (Å²) >= 11 is 0. The Kier molecular flexibility index (Phi) is 7.67. The highest BCUT2D eigenvalue weighted by Crippen LogP contribution is 2.69. The van der Waals surface area contributed by atoms with Gasteiger partial charge in [0.25, 0.3) is 0 Å². The van der Waals surface area contributed by atoms with Gasteiger partial charge in [-0.15, -0.1) is 0 Å². The van der Waals surface area contributed by atoms with Crippen molar-refractivity contribution in [1.82, 2.24) is 0 Å². The van der Waals surface area contributed by atoms with Crippen molar-refractivity contribution in [2.24, 2.45) is 23.7 Å². The van der Waals surface area contributed by atoms with Crippen molar-refractivity contribution in [3.05, 3.63) is 35.9 Å². The lowest BCUT2D eigenvalue weighted by molar-refractivity contribution is -0.344. The Morgan fingerprint density at radius 2 is 1.70 bits per heavy atom. The summed E-state index contributed by atoms with van der Waals surface area (Å²) in [5, 5.41) is 47.3. The maximum Gasteiger partial charge on any atom is 0.192 e. The first-order chi connectivity index (χ1) is 19.9. The molecule has 0 amide bonds. The molecule has 3 heterocycles. The van der Waals surface area contributed by atoms with Crippen LogP contribution in [0.3, 0.4) is 0 Å². The summed E-state index contributed by atoms with van der Waals surface area (Å²) in [5.74, 6) is -2.83. The monoisotopic (exact) mass is 620 g/mol. The van der Waals surface area contributed by atoms with Gasteiger partial charge in [0.2, 0.25) is 0 Å². The van der Waals surface area contributed by atoms with Crippen LogP contribution in [-0.4, -0.2) is 95.1 Å². The first-order valence-corrected chi connectivity index (χ1v) is 18.9. The van der Waals surface area contributed by atoms with Gasteiger partial charge in [0.05, 0.1) is 43.7 Å². The van der Waals surface area contributed by atoms with Gasteiger partial charge in [-0.25, -0.2) is 0 Å². The van der Waals surface area contributed by atoms with Crippen LogP contribution in [0.1, 0.15) is 59.9 Å². The zero-order chi connectivity index (χ0) is 31.4. The number of hydrogen-bond acceptors (Lipinski definition) is 9. The van der Waals surface area contributed by atoms with Crippen LogP contribution >= 0.6 is 0 Å². The molecule has 1 aromatic rings. The molecule has 2 bridgehead atoms. The third kappa shape index (κ3) is 4.58. The summed E-state index contributed by atoms with van der Waals surface area (Å²) in [4.78, 5) is 0. The van der Waals surface area contributed by atoms with E-state index in [4.69, 9.17) is 23.4 Å². The molecule has 2 saturated carbocycles. The van der Waals surface area contributed by atoms with E-state index >= 15 is 0 Å². The molecule has 43 heavy (non-hydrogen) atoms. The molecule has 1 aromatic carbocycles. The fourth-order valence-corrected chi connectivity index (χ4v) is 9.97. The largest absolute Gasteiger partial charge is 0.414 e. The fourth-order valence-electron chi connectivity index (χ4n) is 8.93. The zero-order valence-corrected chi connectivity index (χ0v) is 27.9. The van der Waals surface area contributed by atoms with Gasteiger partial charge >= 0.3 is 0 Å². The molecule has 9 nitrogen and oxygen atoms in total. The minimum Gasteiger partial charge on any atom is -0.414 e. The Morgan fingerprint density at radius 3 is 2.33 bits per heavy atom. The van der Waals surface area contributed by atoms with Crippen LogP contribution in [0, 0.1) is 23.7 Å². The fraction of sp³-hybridized carbons (Fsp3) is 0.818. The van der Waals surface area contributed by atoms with E-state index in [-0.39, 0.29) is 30.1 Å². The topological polar surface area (TPSA) is 127 Å². The maximum absolute atomic E-state index is 12.5. The summed E-state index contributed by atoms with van der Waals surface area (Å²) in [7, 11) is -2.31. The van der Waals surface area contributed by atoms with E-state index in [9.17, 15) is 20.4 Å². The predicted octanol–water partition coefficient (Wildman–Crippen LogP) is 3.37. The maximum atomic E-state index is 12.5. The van der Waals surface area contributed by atoms with Crippen molar-refractivity contribution >= 4 is 8.32 Å². The molecule has 1 spiro atoms. The van der Waals surface area contributed by atoms with E-state index in [0.717, 1.165) is 5.56 Å². The molecule has 0 aromatic heterocycles. The summed E-state index contributed by atoms with van der Waals surface area (Å²) in [5.41, 5.74) is -3.33. The van der Waals surface area contributed by atoms with Gasteiger partial charge in [-0.05, 0) is 56.3 Å². The average Bonchev–Trinajstić information content (AvgIpc) is 3.52. The van der Waals surface area contributed by atoms with Crippen LogP contribution in [0.25, 0.3) is 0 Å². The van der Waals surface area contributed by atoms with Crippen molar-refractivity contribution in [3.8, 4) is 0 Å². The SMILES string of the molecule is C[C@H]1C[C@@H]2[C@](O)([C@H](O)[C@]3(CO[Si](C)(C)C(C)(C)C)C[C@H]4[C@@H](OCc5ccccc5)[C@H]5OC(C)(C)O[C@@H]5[C@@H](CO)[C@]24O3)[C@H]1O. The van der Waals surface area contributed by atoms with E-state index in [0.29, 0.717) is 19.4 Å². The molecule has 12 atom stereocenters. The Morgan fingerprint density at radius 1 is 1.05 bits per heavy atom. The minimum atomic E-state index is -2.31. The molecule has 242 valence electrons. The van der Waals surface area contributed by atoms with E-state index in [1.165, 1.54) is 0 Å². The van der Waals surface area contributed by atoms with Gasteiger partial charge < -0.3 is 43.8 Å². The van der Waals surface area contributed by atoms with Gasteiger partial charge in [-0.1, -0.05) is 58.0 Å². The lowest BCUT2D eigenvalue weighted by Gasteiger charge is -2.61. The third-order valence-corrected chi connectivity index (χ3v) is 16.5. The van der Waals surface area contributed by atoms with Crippen molar-refractivity contribution in [2.45, 2.75) is 132 Å². The van der Waals surface area contributed by atoms with Crippen LogP contribution in [0.5, 0.6) is 0 Å². The molecular formula is C33H52O9Si. The van der Waals surface area contributed by atoms with Gasteiger partial charge in [0.1, 0.15) is 23.4 Å². The number of aliphatic hydroxyl groups excluding tert-OH is 3. The van der Waals surface area contributed by atoms with Crippen LogP contribution in [0.2, 0.25) is 18.1 Å². The Labute approximate surface area is 257 Å². The van der Waals surface area contributed by atoms with Crippen LogP contribution in [0.4, 0.5) is 0 Å². The molecule has 0 radical (unpaired) electrons. The third-order valence-electron chi connectivity index (χ3n) is 12.0. The van der Waals surface area contributed by atoms with E-state index in [1.54, 1.807) is 0 Å². The van der Waals surface area contributed by atoms with Crippen molar-refractivity contribution in [2.75, 3.05) is 13.2 Å². The lowest BCUT2D eigenvalue weighted by Crippen LogP contribution is -2.77. The van der Waals surface area contributed by atoms with Gasteiger partial charge in [0, 0.05) is 17.8 Å². The Hall–Kier alpha value is -0.923. The highest BCUT2D eigenvalue weighted by atomic mass is 28.4. The lowest BCUT2D eigenvalue weighted by atomic mass is 9.57. The Bertz CT molecular complexity index is 1190. The summed E-state index contributed by atoms with van der Waals surface area (Å²) in [6.45, 7) is 16.5. The van der Waals surface area contributed by atoms with E-state index in [2.05, 4.69) is 33.9 Å². The molecule has 3 saturated heterocycles. The first-order valence-electron chi connectivity index (χ1n) is 16.0. The normalized spacial score (nSPS) is 46.8. The molecule has 5 fully saturated rings. The number of aliphatic hydroxyl groups is 4. The van der Waals surface area contributed by atoms with Crippen molar-refractivity contribution in [3.63, 3.8) is 0 Å². The number of hydrogen-bond donors (Lipinski definition) is 4. The van der Waals surface area contributed by atoms with Crippen LogP contribution < -0.4 is 0 Å². The average molecular weight is 621 g/mol. The van der Waals surface area contributed by atoms with Crippen LogP contribution in [-0.2, 0) is 30.0 Å². The summed E-state index contributed by atoms with van der Waals surface area (Å²) in [6.07, 6.45) is -3.43. The molecule has 3 aliphatic heterocycles. The van der Waals surface area contributed by atoms with Crippen LogP contribution in [0.15, 0.2) is 30.3 Å². The standard InChI is InChI=1S/C33H52O9Si/c1-19-14-23-32(37,27(19)35)28(36)31(18-39-43(7,8)29(2,3)4)15-21-24(38-17-20-12-10-9-11-13-20)26-25(40-30(5,6)41-26)22(16-34)33(21,23)42-31/h9-13,19,21-28,34-37H,14-18H2,1-8H3/t19-,21-,22+,23+,24+,25+,26+,27-,28+,31+,32+,33-/m0/s1. The van der Waals surface area contributed by atoms with Gasteiger partial charge in [0.15, 0.2) is 14.1 Å². The molecule has 0 unspecified atom stereocenters. The molecule has 4 N–H and O–H groups in total. The second-order valence-electron chi connectivity index (χ2n) is 16.0. The molecule has 5 aliphatic rings. The van der Waals surface area contributed by atoms with Gasteiger partial charge in [-0.3, -0.25) is 0 Å². The van der Waals surface area contributed by atoms with Crippen molar-refractivity contribution < 1.29 is 43.8 Å². The number of fused-ring (bicyclic) bond motifs is 3. The predicted molar refractivity (Wildman–Crippen MR) is 161 cm³/mol. The summed E-state index contributed by atoms with van der Waals surface area (Å²) in [6, 6.07) is 9.93. The number of rotatable bonds is 7. The highest BCUT2D eigenvalue weighted by Gasteiger charge is 2.83. The quantitative estimate of drug-likeness (QED) is 0.340. The van der Waals surface area contributed by atoms with E-state index in [1.807, 2.05) is 51.1 Å². The number of ether oxygens (including phenoxy) is 4. The number of benzene rings is 1. The molecule has 6 rings (SSSR count). The highest BCUT2D eigenvalue weighted by molar-refractivity contribution is 6.74. The first kappa shape index (κ1) is 32.0. The second kappa shape index (κ2) is 10.3. The molecule has 10 heteroatoms. The second-order valence-corrected chi connectivity index (χ2v) is 20.8. The molecular weight excluding hydrogens is 568 g/mol. The molecule has 2 aliphatic carbocycles.